The van der Waals surface area contributed by atoms with E-state index in [-0.39, 0.29) is 0 Å². The highest BCUT2D eigenvalue weighted by Crippen LogP contribution is 2.26. The summed E-state index contributed by atoms with van der Waals surface area (Å²) in [4.78, 5) is 4.93. The van der Waals surface area contributed by atoms with Crippen molar-refractivity contribution in [3.63, 3.8) is 0 Å². The van der Waals surface area contributed by atoms with Crippen molar-refractivity contribution in [3.05, 3.63) is 23.7 Å². The van der Waals surface area contributed by atoms with Crippen LogP contribution < -0.4 is 5.32 Å². The van der Waals surface area contributed by atoms with Crippen LogP contribution in [0.25, 0.3) is 10.1 Å². The van der Waals surface area contributed by atoms with Gasteiger partial charge < -0.3 is 5.32 Å². The Kier molecular flexibility index (Phi) is 3.82. The first kappa shape index (κ1) is 11.9. The molecule has 0 amide bonds. The summed E-state index contributed by atoms with van der Waals surface area (Å²) in [6.45, 7) is 4.35. The van der Waals surface area contributed by atoms with E-state index in [0.29, 0.717) is 10.9 Å². The van der Waals surface area contributed by atoms with Crippen LogP contribution in [-0.2, 0) is 0 Å². The number of halogens is 1. The average Bonchev–Trinajstić information content (AvgIpc) is 2.65. The quantitative estimate of drug-likeness (QED) is 0.853. The van der Waals surface area contributed by atoms with E-state index in [0.717, 1.165) is 12.2 Å². The topological polar surface area (TPSA) is 24.9 Å². The standard InChI is InChI=1S/C12H15BrN2S/c1-8(13)7-9(2)15-12-10-4-6-16-11(10)3-5-14-12/h3-6,8-9H,7H2,1-2H3,(H,14,15). The zero-order valence-corrected chi connectivity index (χ0v) is 11.8. The maximum absolute atomic E-state index is 4.41. The summed E-state index contributed by atoms with van der Waals surface area (Å²) in [5.41, 5.74) is 0. The van der Waals surface area contributed by atoms with Gasteiger partial charge >= 0.3 is 0 Å². The number of pyridine rings is 1. The molecule has 0 bridgehead atoms. The molecule has 1 N–H and O–H groups in total. The fourth-order valence-corrected chi connectivity index (χ4v) is 3.13. The molecule has 0 saturated heterocycles. The molecule has 0 spiro atoms. The molecule has 0 aromatic carbocycles. The van der Waals surface area contributed by atoms with Gasteiger partial charge in [-0.3, -0.25) is 0 Å². The Labute approximate surface area is 108 Å². The van der Waals surface area contributed by atoms with Crippen molar-refractivity contribution in [2.24, 2.45) is 0 Å². The van der Waals surface area contributed by atoms with Gasteiger partial charge in [-0.05, 0) is 30.9 Å². The molecule has 0 aliphatic heterocycles. The summed E-state index contributed by atoms with van der Waals surface area (Å²) < 4.78 is 1.29. The fraction of sp³-hybridized carbons (Fsp3) is 0.417. The maximum atomic E-state index is 4.41. The molecule has 0 aliphatic rings. The number of nitrogens with zero attached hydrogens (tertiary/aromatic N) is 1. The molecule has 86 valence electrons. The van der Waals surface area contributed by atoms with Crippen molar-refractivity contribution in [1.29, 1.82) is 0 Å². The number of fused-ring (bicyclic) bond motifs is 1. The predicted octanol–water partition coefficient (Wildman–Crippen LogP) is 4.27. The largest absolute Gasteiger partial charge is 0.367 e. The summed E-state index contributed by atoms with van der Waals surface area (Å²) in [7, 11) is 0. The minimum absolute atomic E-state index is 0.423. The van der Waals surface area contributed by atoms with Crippen molar-refractivity contribution in [3.8, 4) is 0 Å². The van der Waals surface area contributed by atoms with Gasteiger partial charge in [-0.1, -0.05) is 22.9 Å². The van der Waals surface area contributed by atoms with Crippen LogP contribution in [0, 0.1) is 0 Å². The molecule has 0 radical (unpaired) electrons. The zero-order valence-electron chi connectivity index (χ0n) is 9.40. The summed E-state index contributed by atoms with van der Waals surface area (Å²) in [6, 6.07) is 4.61. The Morgan fingerprint density at radius 2 is 2.25 bits per heavy atom. The van der Waals surface area contributed by atoms with Crippen molar-refractivity contribution in [2.45, 2.75) is 31.1 Å². The molecular formula is C12H15BrN2S. The molecule has 2 rings (SSSR count). The highest BCUT2D eigenvalue weighted by Gasteiger charge is 2.09. The summed E-state index contributed by atoms with van der Waals surface area (Å²) in [5.74, 6) is 0.999. The third-order valence-corrected chi connectivity index (χ3v) is 3.70. The first-order valence-corrected chi connectivity index (χ1v) is 7.19. The number of aromatic nitrogens is 1. The van der Waals surface area contributed by atoms with Crippen molar-refractivity contribution < 1.29 is 0 Å². The SMILES string of the molecule is CC(Br)CC(C)Nc1nccc2sccc12. The highest BCUT2D eigenvalue weighted by molar-refractivity contribution is 9.09. The lowest BCUT2D eigenvalue weighted by Crippen LogP contribution is -2.19. The maximum Gasteiger partial charge on any atom is 0.134 e. The van der Waals surface area contributed by atoms with Crippen LogP contribution in [0.2, 0.25) is 0 Å². The Morgan fingerprint density at radius 3 is 3.00 bits per heavy atom. The van der Waals surface area contributed by atoms with E-state index in [1.54, 1.807) is 11.3 Å². The van der Waals surface area contributed by atoms with Gasteiger partial charge in [-0.2, -0.15) is 0 Å². The van der Waals surface area contributed by atoms with E-state index < -0.39 is 0 Å². The number of nitrogens with one attached hydrogen (secondary N) is 1. The minimum Gasteiger partial charge on any atom is -0.367 e. The van der Waals surface area contributed by atoms with Crippen LogP contribution in [0.1, 0.15) is 20.3 Å². The number of rotatable bonds is 4. The molecular weight excluding hydrogens is 284 g/mol. The Morgan fingerprint density at radius 1 is 1.44 bits per heavy atom. The van der Waals surface area contributed by atoms with Gasteiger partial charge in [0.2, 0.25) is 0 Å². The van der Waals surface area contributed by atoms with Crippen LogP contribution in [0.3, 0.4) is 0 Å². The third-order valence-electron chi connectivity index (χ3n) is 2.44. The van der Waals surface area contributed by atoms with Crippen molar-refractivity contribution in [2.75, 3.05) is 5.32 Å². The van der Waals surface area contributed by atoms with Crippen LogP contribution in [-0.4, -0.2) is 15.9 Å². The first-order valence-electron chi connectivity index (χ1n) is 5.39. The van der Waals surface area contributed by atoms with Gasteiger partial charge in [0.25, 0.3) is 0 Å². The molecule has 2 aromatic heterocycles. The molecule has 4 heteroatoms. The van der Waals surface area contributed by atoms with Crippen LogP contribution in [0.5, 0.6) is 0 Å². The normalized spacial score (nSPS) is 14.9. The third kappa shape index (κ3) is 2.74. The van der Waals surface area contributed by atoms with E-state index >= 15 is 0 Å². The fourth-order valence-electron chi connectivity index (χ4n) is 1.79. The molecule has 0 aliphatic carbocycles. The Bertz CT molecular complexity index is 467. The van der Waals surface area contributed by atoms with E-state index in [2.05, 4.69) is 57.6 Å². The predicted molar refractivity (Wildman–Crippen MR) is 75.7 cm³/mol. The molecule has 0 fully saturated rings. The second kappa shape index (κ2) is 5.15. The van der Waals surface area contributed by atoms with Crippen LogP contribution >= 0.6 is 27.3 Å². The monoisotopic (exact) mass is 298 g/mol. The van der Waals surface area contributed by atoms with E-state index in [4.69, 9.17) is 0 Å². The summed E-state index contributed by atoms with van der Waals surface area (Å²) in [6.07, 6.45) is 2.95. The van der Waals surface area contributed by atoms with Gasteiger partial charge in [-0.25, -0.2) is 4.98 Å². The van der Waals surface area contributed by atoms with Gasteiger partial charge in [0, 0.05) is 27.2 Å². The van der Waals surface area contributed by atoms with E-state index in [9.17, 15) is 0 Å². The van der Waals surface area contributed by atoms with Gasteiger partial charge in [-0.15, -0.1) is 11.3 Å². The minimum atomic E-state index is 0.423. The van der Waals surface area contributed by atoms with Gasteiger partial charge in [0.15, 0.2) is 0 Å². The van der Waals surface area contributed by atoms with Crippen LogP contribution in [0.15, 0.2) is 23.7 Å². The molecule has 2 atom stereocenters. The summed E-state index contributed by atoms with van der Waals surface area (Å²) >= 11 is 5.33. The smallest absolute Gasteiger partial charge is 0.134 e. The second-order valence-electron chi connectivity index (χ2n) is 4.05. The molecule has 0 saturated carbocycles. The zero-order chi connectivity index (χ0) is 11.5. The molecule has 2 heterocycles. The summed E-state index contributed by atoms with van der Waals surface area (Å²) in [5, 5.41) is 6.80. The van der Waals surface area contributed by atoms with Crippen LogP contribution in [0.4, 0.5) is 5.82 Å². The number of anilines is 1. The highest BCUT2D eigenvalue weighted by atomic mass is 79.9. The van der Waals surface area contributed by atoms with Crippen molar-refractivity contribution in [1.82, 2.24) is 4.98 Å². The first-order chi connectivity index (χ1) is 7.66. The number of hydrogen-bond donors (Lipinski definition) is 1. The van der Waals surface area contributed by atoms with E-state index in [1.165, 1.54) is 10.1 Å². The molecule has 2 aromatic rings. The lowest BCUT2D eigenvalue weighted by molar-refractivity contribution is 0.706. The molecule has 2 unspecified atom stereocenters. The number of alkyl halides is 1. The Hall–Kier alpha value is -0.610. The average molecular weight is 299 g/mol. The van der Waals surface area contributed by atoms with E-state index in [1.807, 2.05) is 6.20 Å². The lowest BCUT2D eigenvalue weighted by Gasteiger charge is -2.16. The van der Waals surface area contributed by atoms with Gasteiger partial charge in [0.1, 0.15) is 5.82 Å². The molecule has 16 heavy (non-hydrogen) atoms. The van der Waals surface area contributed by atoms with Crippen molar-refractivity contribution >= 4 is 43.2 Å². The molecule has 2 nitrogen and oxygen atoms in total. The number of thiophene rings is 1. The number of hydrogen-bond acceptors (Lipinski definition) is 3. The Balaban J connectivity index is 2.17. The van der Waals surface area contributed by atoms with Gasteiger partial charge in [0.05, 0.1) is 0 Å². The lowest BCUT2D eigenvalue weighted by atomic mass is 10.2. The second-order valence-corrected chi connectivity index (χ2v) is 6.56.